The van der Waals surface area contributed by atoms with Crippen LogP contribution in [0.2, 0.25) is 0 Å². The first-order valence-electron chi connectivity index (χ1n) is 13.1. The molecule has 1 saturated heterocycles. The molecule has 1 aromatic rings. The van der Waals surface area contributed by atoms with Crippen molar-refractivity contribution in [2.24, 2.45) is 16.5 Å². The van der Waals surface area contributed by atoms with E-state index in [1.807, 2.05) is 0 Å². The van der Waals surface area contributed by atoms with Gasteiger partial charge in [-0.2, -0.15) is 8.42 Å². The van der Waals surface area contributed by atoms with Crippen LogP contribution in [0.4, 0.5) is 5.13 Å². The zero-order valence-corrected chi connectivity index (χ0v) is 25.7. The van der Waals surface area contributed by atoms with Gasteiger partial charge in [-0.3, -0.25) is 23.4 Å². The van der Waals surface area contributed by atoms with Gasteiger partial charge in [-0.15, -0.1) is 11.3 Å². The van der Waals surface area contributed by atoms with E-state index in [2.05, 4.69) is 17.1 Å². The number of oxime groups is 1. The first-order chi connectivity index (χ1) is 19.1. The predicted molar refractivity (Wildman–Crippen MR) is 149 cm³/mol. The smallest absolute Gasteiger partial charge is 0.364 e. The van der Waals surface area contributed by atoms with Gasteiger partial charge in [0, 0.05) is 25.6 Å². The van der Waals surface area contributed by atoms with E-state index in [1.165, 1.54) is 40.0 Å². The van der Waals surface area contributed by atoms with Gasteiger partial charge in [-0.25, -0.2) is 9.29 Å². The number of amides is 1. The summed E-state index contributed by atoms with van der Waals surface area (Å²) in [5, 5.41) is 5.40. The second-order valence-electron chi connectivity index (χ2n) is 10.6. The normalized spacial score (nSPS) is 18.0. The number of ether oxygens (including phenoxy) is 2. The molecular formula is C25H38N4O10S2. The minimum absolute atomic E-state index is 0.0751. The number of hydrogen-bond donors (Lipinski definition) is 1. The van der Waals surface area contributed by atoms with Gasteiger partial charge in [0.1, 0.15) is 5.69 Å². The molecule has 16 heteroatoms. The molecular weight excluding hydrogens is 580 g/mol. The first-order valence-corrected chi connectivity index (χ1v) is 15.3. The third-order valence-corrected chi connectivity index (χ3v) is 8.29. The molecule has 0 saturated carbocycles. The Labute approximate surface area is 243 Å². The van der Waals surface area contributed by atoms with E-state index in [1.54, 1.807) is 0 Å². The number of ketones is 1. The maximum Gasteiger partial charge on any atom is 0.364 e. The largest absolute Gasteiger partial charge is 0.465 e. The van der Waals surface area contributed by atoms with E-state index in [9.17, 15) is 27.6 Å². The summed E-state index contributed by atoms with van der Waals surface area (Å²) in [6, 6.07) is -0.928. The number of carbonyl (C=O) groups excluding carboxylic acids is 4. The lowest BCUT2D eigenvalue weighted by Crippen LogP contribution is -2.62. The summed E-state index contributed by atoms with van der Waals surface area (Å²) in [5.41, 5.74) is 4.18. The summed E-state index contributed by atoms with van der Waals surface area (Å²) < 4.78 is 41.3. The van der Waals surface area contributed by atoms with Crippen molar-refractivity contribution in [2.45, 2.75) is 85.5 Å². The van der Waals surface area contributed by atoms with Crippen molar-refractivity contribution in [1.29, 1.82) is 0 Å². The summed E-state index contributed by atoms with van der Waals surface area (Å²) >= 11 is 1.04. The number of esters is 1. The van der Waals surface area contributed by atoms with Crippen LogP contribution in [-0.4, -0.2) is 72.6 Å². The number of Topliss-reactive ketones (excluding diaryl/α,β-unsaturated/α-hetero) is 1. The number of thiazole rings is 1. The Hall–Kier alpha value is -3.11. The number of rotatable bonds is 18. The molecule has 14 nitrogen and oxygen atoms in total. The second kappa shape index (κ2) is 14.2. The molecule has 2 N–H and O–H groups in total. The molecule has 0 aromatic carbocycles. The Bertz CT molecular complexity index is 1240. The first kappa shape index (κ1) is 34.1. The number of aromatic nitrogens is 1. The SMILES string of the molecule is CCCCCCOC(=O)C(C)(C)COS(=O)(=O)N1C(=O)[C@@H](CC(=O)/C(=N/OC(C)(C)OC=O)c2csc(N)n2)[C@@H]1C. The van der Waals surface area contributed by atoms with Gasteiger partial charge in [0.05, 0.1) is 30.6 Å². The van der Waals surface area contributed by atoms with Crippen molar-refractivity contribution >= 4 is 56.6 Å². The highest BCUT2D eigenvalue weighted by Gasteiger charge is 2.53. The van der Waals surface area contributed by atoms with Gasteiger partial charge in [0.25, 0.3) is 12.3 Å². The van der Waals surface area contributed by atoms with Crippen molar-refractivity contribution in [3.05, 3.63) is 11.1 Å². The molecule has 2 heterocycles. The standard InChI is InChI=1S/C25H38N4O10S2/c1-7-8-9-10-11-36-22(33)24(3,4)14-38-41(34,35)29-16(2)17(21(29)32)12-19(31)20(18-13-40-23(26)27-18)28-39-25(5,6)37-15-30/h13,15-17H,7-12,14H2,1-6H3,(H2,26,27)/b28-20+/t16-,17-/m0/s1. The zero-order valence-electron chi connectivity index (χ0n) is 24.1. The third-order valence-electron chi connectivity index (χ3n) is 6.20. The molecule has 2 rings (SSSR count). The number of β-lactam (4-membered cyclic amide) rings is 1. The fourth-order valence-electron chi connectivity index (χ4n) is 3.68. The lowest BCUT2D eigenvalue weighted by Gasteiger charge is -2.43. The topological polar surface area (TPSA) is 194 Å². The van der Waals surface area contributed by atoms with Crippen LogP contribution in [0.5, 0.6) is 0 Å². The highest BCUT2D eigenvalue weighted by molar-refractivity contribution is 7.85. The van der Waals surface area contributed by atoms with Crippen molar-refractivity contribution in [2.75, 3.05) is 18.9 Å². The van der Waals surface area contributed by atoms with Crippen molar-refractivity contribution in [3.63, 3.8) is 0 Å². The molecule has 2 atom stereocenters. The number of nitrogen functional groups attached to an aromatic ring is 1. The number of hydrogen-bond acceptors (Lipinski definition) is 14. The molecule has 1 aliphatic heterocycles. The number of anilines is 1. The molecule has 0 bridgehead atoms. The second-order valence-corrected chi connectivity index (χ2v) is 13.0. The molecule has 41 heavy (non-hydrogen) atoms. The molecule has 0 unspecified atom stereocenters. The van der Waals surface area contributed by atoms with E-state index < -0.39 is 64.2 Å². The molecule has 230 valence electrons. The van der Waals surface area contributed by atoms with E-state index >= 15 is 0 Å². The van der Waals surface area contributed by atoms with Gasteiger partial charge >= 0.3 is 16.3 Å². The minimum Gasteiger partial charge on any atom is -0.465 e. The van der Waals surface area contributed by atoms with Gasteiger partial charge < -0.3 is 20.0 Å². The van der Waals surface area contributed by atoms with Crippen LogP contribution in [0.15, 0.2) is 10.5 Å². The average Bonchev–Trinajstić information content (AvgIpc) is 3.31. The summed E-state index contributed by atoms with van der Waals surface area (Å²) in [5.74, 6) is -4.67. The maximum atomic E-state index is 13.2. The minimum atomic E-state index is -4.56. The highest BCUT2D eigenvalue weighted by Crippen LogP contribution is 2.34. The van der Waals surface area contributed by atoms with Crippen molar-refractivity contribution in [1.82, 2.24) is 9.29 Å². The molecule has 1 amide bonds. The van der Waals surface area contributed by atoms with Gasteiger partial charge in [0.15, 0.2) is 16.6 Å². The molecule has 1 aromatic heterocycles. The molecule has 0 aliphatic carbocycles. The van der Waals surface area contributed by atoms with E-state index in [0.717, 1.165) is 30.6 Å². The van der Waals surface area contributed by atoms with E-state index in [0.29, 0.717) is 10.7 Å². The van der Waals surface area contributed by atoms with Gasteiger partial charge in [-0.1, -0.05) is 31.3 Å². The number of unbranched alkanes of at least 4 members (excludes halogenated alkanes) is 3. The number of nitrogens with two attached hydrogens (primary N) is 1. The predicted octanol–water partition coefficient (Wildman–Crippen LogP) is 2.57. The lowest BCUT2D eigenvalue weighted by atomic mass is 9.86. The van der Waals surface area contributed by atoms with E-state index in [4.69, 9.17) is 24.2 Å². The Morgan fingerprint density at radius 2 is 1.90 bits per heavy atom. The summed E-state index contributed by atoms with van der Waals surface area (Å²) in [6.45, 7) is 9.08. The highest BCUT2D eigenvalue weighted by atomic mass is 32.2. The summed E-state index contributed by atoms with van der Waals surface area (Å²) in [7, 11) is -4.56. The summed E-state index contributed by atoms with van der Waals surface area (Å²) in [6.07, 6.45) is 3.25. The van der Waals surface area contributed by atoms with Crippen molar-refractivity contribution in [3.8, 4) is 0 Å². The molecule has 0 radical (unpaired) electrons. The molecule has 1 fully saturated rings. The molecule has 0 spiro atoms. The van der Waals surface area contributed by atoms with E-state index in [-0.39, 0.29) is 29.6 Å². The fourth-order valence-corrected chi connectivity index (χ4v) is 5.69. The average molecular weight is 619 g/mol. The van der Waals surface area contributed by atoms with Crippen LogP contribution in [0, 0.1) is 11.3 Å². The Kier molecular flexibility index (Phi) is 11.8. The van der Waals surface area contributed by atoms with Gasteiger partial charge in [0.2, 0.25) is 5.91 Å². The molecule has 1 aliphatic rings. The Balaban J connectivity index is 2.05. The Morgan fingerprint density at radius 1 is 1.22 bits per heavy atom. The van der Waals surface area contributed by atoms with Crippen LogP contribution >= 0.6 is 11.3 Å². The van der Waals surface area contributed by atoms with Gasteiger partial charge in [-0.05, 0) is 27.2 Å². The zero-order chi connectivity index (χ0) is 31.0. The lowest BCUT2D eigenvalue weighted by molar-refractivity contribution is -0.203. The number of nitrogens with zero attached hydrogens (tertiary/aromatic N) is 3. The van der Waals surface area contributed by atoms with Crippen LogP contribution in [0.25, 0.3) is 0 Å². The van der Waals surface area contributed by atoms with Crippen LogP contribution in [0.1, 0.15) is 79.3 Å². The quantitative estimate of drug-likeness (QED) is 0.0481. The van der Waals surface area contributed by atoms with Crippen molar-refractivity contribution < 1.29 is 46.1 Å². The van der Waals surface area contributed by atoms with Crippen LogP contribution in [-0.2, 0) is 48.0 Å². The Morgan fingerprint density at radius 3 is 2.46 bits per heavy atom. The maximum absolute atomic E-state index is 13.2. The van der Waals surface area contributed by atoms with Crippen LogP contribution < -0.4 is 5.73 Å². The number of carbonyl (C=O) groups is 4. The fraction of sp³-hybridized carbons (Fsp3) is 0.680. The summed E-state index contributed by atoms with van der Waals surface area (Å²) in [4.78, 5) is 58.4. The monoisotopic (exact) mass is 618 g/mol. The van der Waals surface area contributed by atoms with Crippen LogP contribution in [0.3, 0.4) is 0 Å². The third kappa shape index (κ3) is 9.19.